The van der Waals surface area contributed by atoms with Gasteiger partial charge in [0.2, 0.25) is 0 Å². The number of carbonyl (C=O) groups is 3. The summed E-state index contributed by atoms with van der Waals surface area (Å²) in [5, 5.41) is 0. The maximum Gasteiger partial charge on any atom is 0.410 e. The van der Waals surface area contributed by atoms with Gasteiger partial charge in [0, 0.05) is 19.1 Å². The largest absolute Gasteiger partial charge is 0.444 e. The first-order valence-electron chi connectivity index (χ1n) is 10.6. The number of ether oxygens (including phenoxy) is 1. The number of hydrogen-bond donors (Lipinski definition) is 0. The smallest absolute Gasteiger partial charge is 0.410 e. The second kappa shape index (κ2) is 8.56. The van der Waals surface area contributed by atoms with Gasteiger partial charge >= 0.3 is 6.09 Å². The second-order valence-electron chi connectivity index (χ2n) is 9.30. The zero-order valence-electron chi connectivity index (χ0n) is 17.9. The number of benzene rings is 1. The van der Waals surface area contributed by atoms with Crippen molar-refractivity contribution in [2.75, 3.05) is 13.1 Å². The predicted octanol–water partition coefficient (Wildman–Crippen LogP) is 4.49. The molecule has 0 radical (unpaired) electrons. The summed E-state index contributed by atoms with van der Waals surface area (Å²) >= 11 is 0. The fourth-order valence-corrected chi connectivity index (χ4v) is 4.20. The average molecular weight is 401 g/mol. The number of rotatable bonds is 5. The Labute approximate surface area is 173 Å². The lowest BCUT2D eigenvalue weighted by atomic mass is 9.93. The monoisotopic (exact) mass is 400 g/mol. The van der Waals surface area contributed by atoms with Crippen LogP contribution in [0.1, 0.15) is 80.5 Å². The number of hydrogen-bond acceptors (Lipinski definition) is 4. The van der Waals surface area contributed by atoms with Crippen molar-refractivity contribution in [2.45, 2.75) is 71.4 Å². The molecule has 3 rings (SSSR count). The van der Waals surface area contributed by atoms with Crippen molar-refractivity contribution in [3.63, 3.8) is 0 Å². The molecular weight excluding hydrogens is 368 g/mol. The van der Waals surface area contributed by atoms with Crippen molar-refractivity contribution >= 4 is 17.9 Å². The SMILES string of the molecule is C[C@@H](CN1C(=O)c2ccccc2C1=O)CN(C(=O)OC(C)(C)C)C1CCCCC1. The van der Waals surface area contributed by atoms with Gasteiger partial charge < -0.3 is 9.64 Å². The van der Waals surface area contributed by atoms with Gasteiger partial charge in [-0.2, -0.15) is 0 Å². The Balaban J connectivity index is 1.70. The highest BCUT2D eigenvalue weighted by Crippen LogP contribution is 2.27. The Bertz CT molecular complexity index is 742. The molecule has 0 bridgehead atoms. The third-order valence-electron chi connectivity index (χ3n) is 5.52. The number of nitrogens with zero attached hydrogens (tertiary/aromatic N) is 2. The second-order valence-corrected chi connectivity index (χ2v) is 9.30. The van der Waals surface area contributed by atoms with E-state index < -0.39 is 5.60 Å². The minimum atomic E-state index is -0.560. The van der Waals surface area contributed by atoms with Gasteiger partial charge in [-0.25, -0.2) is 4.79 Å². The molecule has 2 aliphatic rings. The van der Waals surface area contributed by atoms with E-state index in [0.717, 1.165) is 25.7 Å². The molecule has 1 saturated carbocycles. The van der Waals surface area contributed by atoms with Crippen molar-refractivity contribution in [3.8, 4) is 0 Å². The van der Waals surface area contributed by atoms with E-state index >= 15 is 0 Å². The van der Waals surface area contributed by atoms with Gasteiger partial charge in [-0.05, 0) is 51.7 Å². The highest BCUT2D eigenvalue weighted by atomic mass is 16.6. The van der Waals surface area contributed by atoms with Crippen molar-refractivity contribution in [3.05, 3.63) is 35.4 Å². The molecule has 1 aliphatic carbocycles. The zero-order chi connectivity index (χ0) is 21.2. The molecule has 6 heteroatoms. The van der Waals surface area contributed by atoms with Gasteiger partial charge in [-0.1, -0.05) is 38.3 Å². The first-order valence-corrected chi connectivity index (χ1v) is 10.6. The number of imide groups is 1. The minimum Gasteiger partial charge on any atom is -0.444 e. The topological polar surface area (TPSA) is 66.9 Å². The van der Waals surface area contributed by atoms with Crippen LogP contribution in [0.4, 0.5) is 4.79 Å². The number of carbonyl (C=O) groups excluding carboxylic acids is 3. The molecule has 158 valence electrons. The molecule has 0 spiro atoms. The van der Waals surface area contributed by atoms with Gasteiger partial charge in [0.25, 0.3) is 11.8 Å². The van der Waals surface area contributed by atoms with E-state index in [2.05, 4.69) is 0 Å². The van der Waals surface area contributed by atoms with Crippen LogP contribution in [0.3, 0.4) is 0 Å². The average Bonchev–Trinajstić information content (AvgIpc) is 2.90. The standard InChI is InChI=1S/C23H32N2O4/c1-16(15-25-20(26)18-12-8-9-13-19(18)21(25)27)14-24(17-10-6-5-7-11-17)22(28)29-23(2,3)4/h8-9,12-13,16-17H,5-7,10-11,14-15H2,1-4H3/t16-/m1/s1. The summed E-state index contributed by atoms with van der Waals surface area (Å²) in [5.74, 6) is -0.551. The van der Waals surface area contributed by atoms with Crippen molar-refractivity contribution in [2.24, 2.45) is 5.92 Å². The Hall–Kier alpha value is -2.37. The Morgan fingerprint density at radius 2 is 1.66 bits per heavy atom. The molecule has 29 heavy (non-hydrogen) atoms. The lowest BCUT2D eigenvalue weighted by Crippen LogP contribution is -2.48. The molecule has 0 aromatic heterocycles. The maximum atomic E-state index is 12.9. The molecule has 1 aromatic carbocycles. The van der Waals surface area contributed by atoms with Crippen LogP contribution in [0.15, 0.2) is 24.3 Å². The van der Waals surface area contributed by atoms with Gasteiger partial charge in [-0.3, -0.25) is 14.5 Å². The van der Waals surface area contributed by atoms with Crippen molar-refractivity contribution < 1.29 is 19.1 Å². The van der Waals surface area contributed by atoms with E-state index in [1.807, 2.05) is 32.6 Å². The van der Waals surface area contributed by atoms with E-state index in [1.165, 1.54) is 11.3 Å². The maximum absolute atomic E-state index is 12.9. The molecule has 1 aromatic rings. The quantitative estimate of drug-likeness (QED) is 0.683. The predicted molar refractivity (Wildman–Crippen MR) is 111 cm³/mol. The summed E-state index contributed by atoms with van der Waals surface area (Å²) in [6.07, 6.45) is 5.05. The molecular formula is C23H32N2O4. The lowest BCUT2D eigenvalue weighted by molar-refractivity contribution is 0.00795. The Kier molecular flexibility index (Phi) is 6.30. The molecule has 1 aliphatic heterocycles. The van der Waals surface area contributed by atoms with Crippen molar-refractivity contribution in [1.29, 1.82) is 0 Å². The van der Waals surface area contributed by atoms with E-state index in [0.29, 0.717) is 24.2 Å². The summed E-state index contributed by atoms with van der Waals surface area (Å²) in [6.45, 7) is 8.33. The highest BCUT2D eigenvalue weighted by molar-refractivity contribution is 6.21. The molecule has 0 unspecified atom stereocenters. The van der Waals surface area contributed by atoms with Crippen LogP contribution in [0, 0.1) is 5.92 Å². The van der Waals surface area contributed by atoms with Gasteiger partial charge in [0.05, 0.1) is 11.1 Å². The van der Waals surface area contributed by atoms with E-state index in [-0.39, 0.29) is 29.9 Å². The minimum absolute atomic E-state index is 0.0494. The molecule has 3 amide bonds. The number of fused-ring (bicyclic) bond motifs is 1. The summed E-state index contributed by atoms with van der Waals surface area (Å²) in [4.78, 5) is 41.3. The third-order valence-corrected chi connectivity index (χ3v) is 5.52. The number of amides is 3. The van der Waals surface area contributed by atoms with Gasteiger partial charge in [0.15, 0.2) is 0 Å². The van der Waals surface area contributed by atoms with E-state index in [4.69, 9.17) is 4.74 Å². The van der Waals surface area contributed by atoms with Crippen LogP contribution < -0.4 is 0 Å². The molecule has 1 heterocycles. The molecule has 1 atom stereocenters. The van der Waals surface area contributed by atoms with Crippen LogP contribution in [0.25, 0.3) is 0 Å². The van der Waals surface area contributed by atoms with Gasteiger partial charge in [0.1, 0.15) is 5.60 Å². The molecule has 6 nitrogen and oxygen atoms in total. The van der Waals surface area contributed by atoms with Crippen LogP contribution in [-0.2, 0) is 4.74 Å². The van der Waals surface area contributed by atoms with E-state index in [9.17, 15) is 14.4 Å². The fraction of sp³-hybridized carbons (Fsp3) is 0.609. The summed E-state index contributed by atoms with van der Waals surface area (Å²) in [5.41, 5.74) is 0.359. The van der Waals surface area contributed by atoms with Crippen LogP contribution in [0.5, 0.6) is 0 Å². The normalized spacial score (nSPS) is 18.6. The van der Waals surface area contributed by atoms with Crippen molar-refractivity contribution in [1.82, 2.24) is 9.80 Å². The molecule has 1 fully saturated rings. The summed E-state index contributed by atoms with van der Waals surface area (Å²) < 4.78 is 5.66. The highest BCUT2D eigenvalue weighted by Gasteiger charge is 2.37. The first-order chi connectivity index (χ1) is 13.7. The van der Waals surface area contributed by atoms with Crippen LogP contribution in [-0.4, -0.2) is 52.4 Å². The summed E-state index contributed by atoms with van der Waals surface area (Å²) in [7, 11) is 0. The summed E-state index contributed by atoms with van der Waals surface area (Å²) in [6, 6.07) is 7.07. The van der Waals surface area contributed by atoms with Crippen LogP contribution in [0.2, 0.25) is 0 Å². The fourth-order valence-electron chi connectivity index (χ4n) is 4.20. The first kappa shape index (κ1) is 21.3. The van der Waals surface area contributed by atoms with Gasteiger partial charge in [-0.15, -0.1) is 0 Å². The molecule has 0 N–H and O–H groups in total. The zero-order valence-corrected chi connectivity index (χ0v) is 17.9. The third kappa shape index (κ3) is 4.98. The van der Waals surface area contributed by atoms with Crippen LogP contribution >= 0.6 is 0 Å². The Morgan fingerprint density at radius 3 is 2.17 bits per heavy atom. The molecule has 0 saturated heterocycles. The Morgan fingerprint density at radius 1 is 1.10 bits per heavy atom. The lowest BCUT2D eigenvalue weighted by Gasteiger charge is -2.37. The van der Waals surface area contributed by atoms with E-state index in [1.54, 1.807) is 24.3 Å².